The number of nitrogens with zero attached hydrogens (tertiary/aromatic N) is 3. The Morgan fingerprint density at radius 1 is 1.03 bits per heavy atom. The van der Waals surface area contributed by atoms with Gasteiger partial charge in [-0.05, 0) is 79.7 Å². The van der Waals surface area contributed by atoms with Crippen molar-refractivity contribution in [1.82, 2.24) is 14.9 Å². The number of nitrogens with one attached hydrogen (secondary N) is 2. The minimum atomic E-state index is -0.112. The van der Waals surface area contributed by atoms with Gasteiger partial charge >= 0.3 is 0 Å². The molecular weight excluding hydrogens is 466 g/mol. The molecule has 5 rings (SSSR count). The molecule has 1 saturated heterocycles. The SMILES string of the molecule is CC(=O)Nc1ccc(N2C(=S)N[C@H](c3ccccn3)[C@@H]2c2cc(C)n(Cc3ccccc3)c2C)cc1. The predicted molar refractivity (Wildman–Crippen MR) is 148 cm³/mol. The van der Waals surface area contributed by atoms with Crippen LogP contribution in [-0.2, 0) is 11.3 Å². The van der Waals surface area contributed by atoms with Gasteiger partial charge in [0, 0.05) is 42.4 Å². The minimum Gasteiger partial charge on any atom is -0.351 e. The monoisotopic (exact) mass is 495 g/mol. The van der Waals surface area contributed by atoms with Gasteiger partial charge in [0.05, 0.1) is 17.8 Å². The van der Waals surface area contributed by atoms with E-state index in [2.05, 4.69) is 69.3 Å². The van der Waals surface area contributed by atoms with Crippen molar-refractivity contribution in [3.63, 3.8) is 0 Å². The fourth-order valence-corrected chi connectivity index (χ4v) is 5.34. The number of carbonyl (C=O) groups excluding carboxylic acids is 1. The summed E-state index contributed by atoms with van der Waals surface area (Å²) in [6.07, 6.45) is 1.82. The average Bonchev–Trinajstić information content (AvgIpc) is 3.36. The van der Waals surface area contributed by atoms with Gasteiger partial charge in [0.2, 0.25) is 5.91 Å². The van der Waals surface area contributed by atoms with Crippen molar-refractivity contribution < 1.29 is 4.79 Å². The average molecular weight is 496 g/mol. The summed E-state index contributed by atoms with van der Waals surface area (Å²) in [4.78, 5) is 18.3. The quantitative estimate of drug-likeness (QED) is 0.337. The first-order chi connectivity index (χ1) is 17.4. The summed E-state index contributed by atoms with van der Waals surface area (Å²) in [5, 5.41) is 7.02. The highest BCUT2D eigenvalue weighted by atomic mass is 32.1. The smallest absolute Gasteiger partial charge is 0.221 e. The van der Waals surface area contributed by atoms with Crippen LogP contribution in [0.5, 0.6) is 0 Å². The minimum absolute atomic E-state index is 0.0882. The van der Waals surface area contributed by atoms with Crippen LogP contribution in [0.15, 0.2) is 85.1 Å². The maximum Gasteiger partial charge on any atom is 0.221 e. The number of thiocarbonyl (C=S) groups is 1. The van der Waals surface area contributed by atoms with Gasteiger partial charge in [0.15, 0.2) is 5.11 Å². The highest BCUT2D eigenvalue weighted by Crippen LogP contribution is 2.43. The van der Waals surface area contributed by atoms with Crippen LogP contribution in [0.4, 0.5) is 11.4 Å². The van der Waals surface area contributed by atoms with Crippen LogP contribution in [-0.4, -0.2) is 20.6 Å². The molecule has 0 spiro atoms. The molecule has 2 atom stereocenters. The van der Waals surface area contributed by atoms with Crippen LogP contribution in [0.2, 0.25) is 0 Å². The third-order valence-electron chi connectivity index (χ3n) is 6.68. The van der Waals surface area contributed by atoms with E-state index in [-0.39, 0.29) is 18.0 Å². The van der Waals surface area contributed by atoms with Crippen molar-refractivity contribution in [2.24, 2.45) is 0 Å². The van der Waals surface area contributed by atoms with E-state index in [9.17, 15) is 4.79 Å². The molecule has 6 nitrogen and oxygen atoms in total. The number of aryl methyl sites for hydroxylation is 1. The lowest BCUT2D eigenvalue weighted by atomic mass is 9.96. The molecule has 0 bridgehead atoms. The van der Waals surface area contributed by atoms with Crippen molar-refractivity contribution in [3.05, 3.63) is 113 Å². The summed E-state index contributed by atoms with van der Waals surface area (Å²) < 4.78 is 2.36. The molecule has 1 aliphatic rings. The predicted octanol–water partition coefficient (Wildman–Crippen LogP) is 5.68. The summed E-state index contributed by atoms with van der Waals surface area (Å²) in [5.41, 5.74) is 7.52. The molecule has 1 amide bonds. The van der Waals surface area contributed by atoms with Gasteiger partial charge in [0.25, 0.3) is 0 Å². The summed E-state index contributed by atoms with van der Waals surface area (Å²) in [6.45, 7) is 6.65. The first kappa shape index (κ1) is 23.8. The highest BCUT2D eigenvalue weighted by Gasteiger charge is 2.42. The lowest BCUT2D eigenvalue weighted by Crippen LogP contribution is -2.29. The lowest BCUT2D eigenvalue weighted by Gasteiger charge is -2.28. The van der Waals surface area contributed by atoms with Crippen LogP contribution in [0.25, 0.3) is 0 Å². The standard InChI is InChI=1S/C29H29N5OS/c1-19-17-25(20(2)33(19)18-22-9-5-4-6-10-22)28-27(26-11-7-8-16-30-26)32-29(36)34(28)24-14-12-23(13-15-24)31-21(3)35/h4-17,27-28H,18H2,1-3H3,(H,31,35)(H,32,36)/t27-,28+/m1/s1. The van der Waals surface area contributed by atoms with Crippen LogP contribution < -0.4 is 15.5 Å². The Hall–Kier alpha value is -3.97. The van der Waals surface area contributed by atoms with Crippen molar-refractivity contribution >= 4 is 34.6 Å². The summed E-state index contributed by atoms with van der Waals surface area (Å²) >= 11 is 5.88. The van der Waals surface area contributed by atoms with E-state index in [0.717, 1.165) is 23.6 Å². The molecule has 0 aliphatic carbocycles. The maximum atomic E-state index is 11.5. The van der Waals surface area contributed by atoms with Crippen molar-refractivity contribution in [2.45, 2.75) is 39.4 Å². The Bertz CT molecular complexity index is 1380. The van der Waals surface area contributed by atoms with E-state index >= 15 is 0 Å². The molecule has 36 heavy (non-hydrogen) atoms. The van der Waals surface area contributed by atoms with Crippen LogP contribution in [0.1, 0.15) is 47.2 Å². The second-order valence-electron chi connectivity index (χ2n) is 9.12. The van der Waals surface area contributed by atoms with E-state index in [4.69, 9.17) is 12.2 Å². The molecule has 1 fully saturated rings. The fourth-order valence-electron chi connectivity index (χ4n) is 4.99. The second-order valence-corrected chi connectivity index (χ2v) is 9.51. The van der Waals surface area contributed by atoms with Crippen molar-refractivity contribution in [1.29, 1.82) is 0 Å². The zero-order valence-electron chi connectivity index (χ0n) is 20.6. The van der Waals surface area contributed by atoms with Gasteiger partial charge < -0.3 is 20.1 Å². The molecular formula is C29H29N5OS. The van der Waals surface area contributed by atoms with E-state index in [1.54, 1.807) is 0 Å². The Kier molecular flexibility index (Phi) is 6.57. The van der Waals surface area contributed by atoms with E-state index in [0.29, 0.717) is 5.11 Å². The Balaban J connectivity index is 1.58. The number of anilines is 2. The fraction of sp³-hybridized carbons (Fsp3) is 0.207. The van der Waals surface area contributed by atoms with E-state index < -0.39 is 0 Å². The van der Waals surface area contributed by atoms with Gasteiger partial charge in [-0.3, -0.25) is 9.78 Å². The number of carbonyl (C=O) groups is 1. The van der Waals surface area contributed by atoms with Crippen molar-refractivity contribution in [3.8, 4) is 0 Å². The molecule has 2 aromatic carbocycles. The number of aromatic nitrogens is 2. The number of amides is 1. The molecule has 182 valence electrons. The number of pyridine rings is 1. The van der Waals surface area contributed by atoms with Crippen molar-refractivity contribution in [2.75, 3.05) is 10.2 Å². The summed E-state index contributed by atoms with van der Waals surface area (Å²) in [7, 11) is 0. The molecule has 0 unspecified atom stereocenters. The second kappa shape index (κ2) is 9.95. The lowest BCUT2D eigenvalue weighted by molar-refractivity contribution is -0.114. The molecule has 4 aromatic rings. The topological polar surface area (TPSA) is 62.2 Å². The zero-order valence-corrected chi connectivity index (χ0v) is 21.4. The Morgan fingerprint density at radius 2 is 1.75 bits per heavy atom. The van der Waals surface area contributed by atoms with Gasteiger partial charge in [-0.2, -0.15) is 0 Å². The molecule has 0 saturated carbocycles. The first-order valence-corrected chi connectivity index (χ1v) is 12.4. The van der Waals surface area contributed by atoms with Gasteiger partial charge in [-0.25, -0.2) is 0 Å². The zero-order chi connectivity index (χ0) is 25.2. The third-order valence-corrected chi connectivity index (χ3v) is 6.99. The molecule has 2 aromatic heterocycles. The summed E-state index contributed by atoms with van der Waals surface area (Å²) in [6, 6.07) is 26.4. The largest absolute Gasteiger partial charge is 0.351 e. The molecule has 7 heteroatoms. The number of benzene rings is 2. The summed E-state index contributed by atoms with van der Waals surface area (Å²) in [5.74, 6) is -0.0972. The Labute approximate surface area is 217 Å². The molecule has 0 radical (unpaired) electrons. The number of hydrogen-bond acceptors (Lipinski definition) is 3. The van der Waals surface area contributed by atoms with Gasteiger partial charge in [-0.15, -0.1) is 0 Å². The number of rotatable bonds is 6. The van der Waals surface area contributed by atoms with E-state index in [1.807, 2.05) is 54.7 Å². The third kappa shape index (κ3) is 4.62. The number of hydrogen-bond donors (Lipinski definition) is 2. The van der Waals surface area contributed by atoms with Gasteiger partial charge in [-0.1, -0.05) is 36.4 Å². The van der Waals surface area contributed by atoms with Crippen LogP contribution in [0, 0.1) is 13.8 Å². The first-order valence-electron chi connectivity index (χ1n) is 12.0. The van der Waals surface area contributed by atoms with E-state index in [1.165, 1.54) is 29.4 Å². The normalized spacial score (nSPS) is 17.2. The van der Waals surface area contributed by atoms with Crippen LogP contribution in [0.3, 0.4) is 0 Å². The molecule has 1 aliphatic heterocycles. The highest BCUT2D eigenvalue weighted by molar-refractivity contribution is 7.80. The molecule has 2 N–H and O–H groups in total. The van der Waals surface area contributed by atoms with Gasteiger partial charge in [0.1, 0.15) is 0 Å². The molecule has 3 heterocycles. The van der Waals surface area contributed by atoms with Crippen LogP contribution >= 0.6 is 12.2 Å². The maximum absolute atomic E-state index is 11.5. The Morgan fingerprint density at radius 3 is 2.42 bits per heavy atom.